The summed E-state index contributed by atoms with van der Waals surface area (Å²) in [6.45, 7) is 0.262. The average molecular weight is 442 g/mol. The molecule has 6 rings (SSSR count). The lowest BCUT2D eigenvalue weighted by Gasteiger charge is -2.51. The summed E-state index contributed by atoms with van der Waals surface area (Å²) in [5, 5.41) is 14.0. The Labute approximate surface area is 192 Å². The van der Waals surface area contributed by atoms with Gasteiger partial charge in [-0.3, -0.25) is 0 Å². The zero-order valence-corrected chi connectivity index (χ0v) is 18.4. The van der Waals surface area contributed by atoms with Gasteiger partial charge in [0.2, 0.25) is 0 Å². The van der Waals surface area contributed by atoms with E-state index < -0.39 is 5.60 Å². The lowest BCUT2D eigenvalue weighted by Crippen LogP contribution is -2.58. The van der Waals surface area contributed by atoms with Crippen molar-refractivity contribution < 1.29 is 19.1 Å². The first-order valence-electron chi connectivity index (χ1n) is 11.7. The van der Waals surface area contributed by atoms with E-state index in [0.29, 0.717) is 12.8 Å². The van der Waals surface area contributed by atoms with E-state index in [2.05, 4.69) is 6.07 Å². The number of benzene rings is 3. The number of carbonyl (C=O) groups excluding carboxylic acids is 1. The van der Waals surface area contributed by atoms with Gasteiger partial charge in [0.25, 0.3) is 0 Å². The molecular weight excluding hydrogens is 414 g/mol. The third-order valence-corrected chi connectivity index (χ3v) is 7.33. The summed E-state index contributed by atoms with van der Waals surface area (Å²) < 4.78 is 11.9. The van der Waals surface area contributed by atoms with Crippen molar-refractivity contribution >= 4 is 28.0 Å². The van der Waals surface area contributed by atoms with E-state index in [9.17, 15) is 9.90 Å². The molecule has 0 aliphatic carbocycles. The quantitative estimate of drug-likeness (QED) is 0.416. The number of ether oxygens (including phenoxy) is 1. The van der Waals surface area contributed by atoms with Gasteiger partial charge in [-0.05, 0) is 30.9 Å². The van der Waals surface area contributed by atoms with Crippen LogP contribution in [-0.2, 0) is 16.9 Å². The summed E-state index contributed by atoms with van der Waals surface area (Å²) in [4.78, 5) is 15.0. The van der Waals surface area contributed by atoms with Crippen molar-refractivity contribution in [3.63, 3.8) is 0 Å². The van der Waals surface area contributed by atoms with Gasteiger partial charge in [0.1, 0.15) is 17.8 Å². The predicted molar refractivity (Wildman–Crippen MR) is 127 cm³/mol. The maximum atomic E-state index is 13.1. The van der Waals surface area contributed by atoms with Crippen LogP contribution < -0.4 is 0 Å². The molecule has 2 unspecified atom stereocenters. The van der Waals surface area contributed by atoms with E-state index in [1.54, 1.807) is 0 Å². The fourth-order valence-electron chi connectivity index (χ4n) is 5.85. The van der Waals surface area contributed by atoms with E-state index in [1.165, 1.54) is 0 Å². The number of rotatable bonds is 3. The van der Waals surface area contributed by atoms with Gasteiger partial charge in [-0.25, -0.2) is 4.79 Å². The first kappa shape index (κ1) is 20.3. The fraction of sp³-hybridized carbons (Fsp3) is 0.321. The minimum Gasteiger partial charge on any atom is -0.456 e. The highest BCUT2D eigenvalue weighted by Crippen LogP contribution is 2.47. The number of nitrogens with zero attached hydrogens (tertiary/aromatic N) is 1. The van der Waals surface area contributed by atoms with Gasteiger partial charge in [0, 0.05) is 41.3 Å². The third-order valence-electron chi connectivity index (χ3n) is 7.33. The maximum Gasteiger partial charge on any atom is 0.410 e. The maximum absolute atomic E-state index is 13.1. The Morgan fingerprint density at radius 1 is 0.939 bits per heavy atom. The second-order valence-corrected chi connectivity index (χ2v) is 9.41. The Bertz CT molecular complexity index is 1300. The van der Waals surface area contributed by atoms with Crippen LogP contribution in [0.3, 0.4) is 0 Å². The fourth-order valence-corrected chi connectivity index (χ4v) is 5.85. The molecular formula is C28H27NO4. The lowest BCUT2D eigenvalue weighted by molar-refractivity contribution is -0.0891. The summed E-state index contributed by atoms with van der Waals surface area (Å²) >= 11 is 0. The molecule has 0 saturated carbocycles. The first-order chi connectivity index (χ1) is 16.1. The summed E-state index contributed by atoms with van der Waals surface area (Å²) in [6.07, 6.45) is 3.49. The second kappa shape index (κ2) is 7.92. The second-order valence-electron chi connectivity index (χ2n) is 9.41. The molecule has 2 aliphatic rings. The highest BCUT2D eigenvalue weighted by molar-refractivity contribution is 6.06. The molecule has 2 bridgehead atoms. The number of aliphatic hydroxyl groups is 1. The molecule has 1 amide bonds. The van der Waals surface area contributed by atoms with Crippen LogP contribution in [0.25, 0.3) is 21.9 Å². The van der Waals surface area contributed by atoms with Crippen LogP contribution in [0.5, 0.6) is 0 Å². The molecule has 1 N–H and O–H groups in total. The SMILES string of the molecule is O=C(OCc1ccccc1)N1C2CCCC1CC(O)(c1cccc3c1oc1ccccc13)C2. The molecule has 2 fully saturated rings. The van der Waals surface area contributed by atoms with Gasteiger partial charge in [0.15, 0.2) is 0 Å². The molecule has 2 aliphatic heterocycles. The van der Waals surface area contributed by atoms with Crippen molar-refractivity contribution in [2.24, 2.45) is 0 Å². The van der Waals surface area contributed by atoms with E-state index in [-0.39, 0.29) is 24.8 Å². The molecule has 2 atom stereocenters. The zero-order valence-electron chi connectivity index (χ0n) is 18.4. The topological polar surface area (TPSA) is 62.9 Å². The van der Waals surface area contributed by atoms with Crippen LogP contribution in [0.2, 0.25) is 0 Å². The Balaban J connectivity index is 1.29. The van der Waals surface area contributed by atoms with Crippen molar-refractivity contribution in [1.29, 1.82) is 0 Å². The molecule has 4 aromatic rings. The normalized spacial score (nSPS) is 24.8. The first-order valence-corrected chi connectivity index (χ1v) is 11.7. The van der Waals surface area contributed by atoms with Gasteiger partial charge in [-0.2, -0.15) is 0 Å². The van der Waals surface area contributed by atoms with Gasteiger partial charge in [-0.15, -0.1) is 0 Å². The standard InChI is InChI=1S/C28H27NO4/c30-27(32-18-19-8-2-1-3-9-19)29-20-10-6-11-21(29)17-28(31,16-20)24-14-7-13-23-22-12-4-5-15-25(22)33-26(23)24/h1-5,7-9,12-15,20-21,31H,6,10-11,16-18H2. The number of hydrogen-bond donors (Lipinski definition) is 1. The largest absolute Gasteiger partial charge is 0.456 e. The minimum absolute atomic E-state index is 0.0505. The summed E-state index contributed by atoms with van der Waals surface area (Å²) in [5.74, 6) is 0. The molecule has 0 radical (unpaired) electrons. The number of hydrogen-bond acceptors (Lipinski definition) is 4. The molecule has 168 valence electrons. The van der Waals surface area contributed by atoms with Gasteiger partial charge >= 0.3 is 6.09 Å². The smallest absolute Gasteiger partial charge is 0.410 e. The Morgan fingerprint density at radius 3 is 2.42 bits per heavy atom. The van der Waals surface area contributed by atoms with Gasteiger partial charge < -0.3 is 19.2 Å². The number of para-hydroxylation sites is 2. The molecule has 5 nitrogen and oxygen atoms in total. The van der Waals surface area contributed by atoms with Crippen LogP contribution in [0.1, 0.15) is 43.2 Å². The van der Waals surface area contributed by atoms with Crippen molar-refractivity contribution in [1.82, 2.24) is 4.90 Å². The predicted octanol–water partition coefficient (Wildman–Crippen LogP) is 6.13. The molecule has 3 heterocycles. The van der Waals surface area contributed by atoms with E-state index in [4.69, 9.17) is 9.15 Å². The lowest BCUT2D eigenvalue weighted by atomic mass is 9.72. The summed E-state index contributed by atoms with van der Waals surface area (Å²) in [7, 11) is 0. The average Bonchev–Trinajstić information content (AvgIpc) is 3.21. The number of carbonyl (C=O) groups is 1. The van der Waals surface area contributed by atoms with Crippen LogP contribution >= 0.6 is 0 Å². The van der Waals surface area contributed by atoms with Crippen LogP contribution in [0.15, 0.2) is 77.2 Å². The third kappa shape index (κ3) is 3.47. The Morgan fingerprint density at radius 2 is 1.64 bits per heavy atom. The number of piperidine rings is 2. The highest BCUT2D eigenvalue weighted by Gasteiger charge is 2.49. The molecule has 2 saturated heterocycles. The number of amides is 1. The molecule has 0 spiro atoms. The van der Waals surface area contributed by atoms with Crippen molar-refractivity contribution in [3.8, 4) is 0 Å². The zero-order chi connectivity index (χ0) is 22.4. The number of furan rings is 1. The summed E-state index contributed by atoms with van der Waals surface area (Å²) in [6, 6.07) is 23.6. The molecule has 1 aromatic heterocycles. The van der Waals surface area contributed by atoms with Crippen LogP contribution in [0, 0.1) is 0 Å². The minimum atomic E-state index is -1.04. The van der Waals surface area contributed by atoms with Crippen LogP contribution in [0.4, 0.5) is 4.79 Å². The summed E-state index contributed by atoms with van der Waals surface area (Å²) in [5.41, 5.74) is 2.33. The molecule has 33 heavy (non-hydrogen) atoms. The van der Waals surface area contributed by atoms with Gasteiger partial charge in [-0.1, -0.05) is 66.7 Å². The molecule has 5 heteroatoms. The van der Waals surface area contributed by atoms with Crippen molar-refractivity contribution in [3.05, 3.63) is 83.9 Å². The van der Waals surface area contributed by atoms with Crippen LogP contribution in [-0.4, -0.2) is 28.2 Å². The number of fused-ring (bicyclic) bond motifs is 5. The Hall–Kier alpha value is -3.31. The van der Waals surface area contributed by atoms with Crippen molar-refractivity contribution in [2.45, 2.75) is 56.4 Å². The monoisotopic (exact) mass is 441 g/mol. The Kier molecular flexibility index (Phi) is 4.88. The van der Waals surface area contributed by atoms with Gasteiger partial charge in [0.05, 0.1) is 5.60 Å². The van der Waals surface area contributed by atoms with E-state index in [0.717, 1.165) is 52.3 Å². The van der Waals surface area contributed by atoms with E-state index >= 15 is 0 Å². The van der Waals surface area contributed by atoms with E-state index in [1.807, 2.05) is 71.6 Å². The highest BCUT2D eigenvalue weighted by atomic mass is 16.6. The van der Waals surface area contributed by atoms with Crippen molar-refractivity contribution in [2.75, 3.05) is 0 Å². The molecule has 3 aromatic carbocycles.